The Morgan fingerprint density at radius 1 is 0.861 bits per heavy atom. The first-order chi connectivity index (χ1) is 17.5. The van der Waals surface area contributed by atoms with Gasteiger partial charge in [-0.3, -0.25) is 9.59 Å². The second kappa shape index (κ2) is 9.80. The molecule has 5 aromatic rings. The zero-order valence-electron chi connectivity index (χ0n) is 19.9. The highest BCUT2D eigenvalue weighted by Crippen LogP contribution is 2.25. The number of fused-ring (bicyclic) bond motifs is 1. The van der Waals surface area contributed by atoms with Crippen molar-refractivity contribution < 1.29 is 9.21 Å². The van der Waals surface area contributed by atoms with Gasteiger partial charge < -0.3 is 4.42 Å². The van der Waals surface area contributed by atoms with Crippen molar-refractivity contribution in [2.24, 2.45) is 5.10 Å². The summed E-state index contributed by atoms with van der Waals surface area (Å²) in [7, 11) is 0. The molecule has 2 aromatic heterocycles. The third-order valence-corrected chi connectivity index (χ3v) is 5.83. The summed E-state index contributed by atoms with van der Waals surface area (Å²) in [5.41, 5.74) is 8.70. The van der Waals surface area contributed by atoms with E-state index in [1.54, 1.807) is 24.3 Å². The van der Waals surface area contributed by atoms with Crippen LogP contribution in [0.1, 0.15) is 27.0 Å². The zero-order chi connectivity index (χ0) is 25.1. The van der Waals surface area contributed by atoms with Gasteiger partial charge in [-0.05, 0) is 38.1 Å². The Labute approximate surface area is 208 Å². The number of nitrogens with one attached hydrogen (secondary N) is 1. The fourth-order valence-electron chi connectivity index (χ4n) is 3.86. The van der Waals surface area contributed by atoms with Crippen molar-refractivity contribution in [3.8, 4) is 22.5 Å². The lowest BCUT2D eigenvalue weighted by atomic mass is 10.0. The monoisotopic (exact) mass is 473 g/mol. The largest absolute Gasteiger partial charge is 0.463 e. The standard InChI is InChI=1S/C30H23N3O3/c1-19-8-11-22(12-9-19)27-16-23(15-26(32-27)21-6-4-3-5-7-21)30(35)33-31-17-24-18-36-28-13-10-20(2)14-25(28)29(24)34/h3-18H,1-2H3,(H,33,35)/b31-17+. The molecular formula is C30H23N3O3. The van der Waals surface area contributed by atoms with Crippen molar-refractivity contribution in [3.63, 3.8) is 0 Å². The third kappa shape index (κ3) is 4.83. The average molecular weight is 474 g/mol. The van der Waals surface area contributed by atoms with Crippen LogP contribution in [0.3, 0.4) is 0 Å². The summed E-state index contributed by atoms with van der Waals surface area (Å²) in [5.74, 6) is -0.416. The first kappa shape index (κ1) is 22.9. The molecule has 0 aliphatic heterocycles. The number of rotatable bonds is 5. The maximum absolute atomic E-state index is 13.0. The van der Waals surface area contributed by atoms with Crippen molar-refractivity contribution in [3.05, 3.63) is 124 Å². The number of amides is 1. The lowest BCUT2D eigenvalue weighted by molar-refractivity contribution is 0.0955. The number of aromatic nitrogens is 1. The van der Waals surface area contributed by atoms with E-state index in [0.29, 0.717) is 27.9 Å². The average Bonchev–Trinajstić information content (AvgIpc) is 2.91. The van der Waals surface area contributed by atoms with Crippen molar-refractivity contribution >= 4 is 23.1 Å². The summed E-state index contributed by atoms with van der Waals surface area (Å²) in [6.45, 7) is 3.93. The lowest BCUT2D eigenvalue weighted by Gasteiger charge is -2.09. The molecule has 6 heteroatoms. The highest BCUT2D eigenvalue weighted by atomic mass is 16.3. The maximum Gasteiger partial charge on any atom is 0.271 e. The molecule has 0 fully saturated rings. The molecule has 1 N–H and O–H groups in total. The van der Waals surface area contributed by atoms with E-state index in [1.165, 1.54) is 12.5 Å². The number of nitrogens with zero attached hydrogens (tertiary/aromatic N) is 2. The number of pyridine rings is 1. The normalized spacial score (nSPS) is 11.2. The van der Waals surface area contributed by atoms with Gasteiger partial charge in [0.05, 0.1) is 28.6 Å². The van der Waals surface area contributed by atoms with Gasteiger partial charge in [-0.25, -0.2) is 10.4 Å². The topological polar surface area (TPSA) is 84.6 Å². The van der Waals surface area contributed by atoms with Crippen LogP contribution in [0.4, 0.5) is 0 Å². The molecule has 0 bridgehead atoms. The molecule has 0 saturated carbocycles. The summed E-state index contributed by atoms with van der Waals surface area (Å²) in [4.78, 5) is 30.6. The highest BCUT2D eigenvalue weighted by molar-refractivity contribution is 5.97. The number of hydrazone groups is 1. The van der Waals surface area contributed by atoms with Gasteiger partial charge >= 0.3 is 0 Å². The molecule has 176 valence electrons. The number of carbonyl (C=O) groups is 1. The summed E-state index contributed by atoms with van der Waals surface area (Å²) in [6, 6.07) is 26.5. The summed E-state index contributed by atoms with van der Waals surface area (Å²) in [5, 5.41) is 4.49. The quantitative estimate of drug-likeness (QED) is 0.254. The van der Waals surface area contributed by atoms with Gasteiger partial charge in [-0.2, -0.15) is 5.10 Å². The van der Waals surface area contributed by atoms with Crippen LogP contribution in [0.25, 0.3) is 33.5 Å². The molecular weight excluding hydrogens is 450 g/mol. The van der Waals surface area contributed by atoms with Crippen LogP contribution in [0.2, 0.25) is 0 Å². The first-order valence-electron chi connectivity index (χ1n) is 11.5. The molecule has 0 unspecified atom stereocenters. The molecule has 3 aromatic carbocycles. The van der Waals surface area contributed by atoms with E-state index in [1.807, 2.05) is 74.5 Å². The van der Waals surface area contributed by atoms with Gasteiger partial charge in [0.25, 0.3) is 5.91 Å². The van der Waals surface area contributed by atoms with Crippen LogP contribution < -0.4 is 10.9 Å². The number of hydrogen-bond acceptors (Lipinski definition) is 5. The molecule has 5 rings (SSSR count). The molecule has 0 aliphatic rings. The Balaban J connectivity index is 1.46. The molecule has 0 radical (unpaired) electrons. The second-order valence-electron chi connectivity index (χ2n) is 8.58. The minimum absolute atomic E-state index is 0.213. The number of aryl methyl sites for hydroxylation is 2. The van der Waals surface area contributed by atoms with E-state index in [-0.39, 0.29) is 11.0 Å². The molecule has 0 spiro atoms. The van der Waals surface area contributed by atoms with Crippen LogP contribution in [0.15, 0.2) is 106 Å². The van der Waals surface area contributed by atoms with Gasteiger partial charge in [0.1, 0.15) is 11.8 Å². The number of carbonyl (C=O) groups excluding carboxylic acids is 1. The second-order valence-corrected chi connectivity index (χ2v) is 8.58. The van der Waals surface area contributed by atoms with Gasteiger partial charge in [0.15, 0.2) is 0 Å². The van der Waals surface area contributed by atoms with Crippen LogP contribution in [0.5, 0.6) is 0 Å². The molecule has 0 atom stereocenters. The van der Waals surface area contributed by atoms with Crippen LogP contribution >= 0.6 is 0 Å². The number of hydrogen-bond donors (Lipinski definition) is 1. The van der Waals surface area contributed by atoms with Crippen LogP contribution in [0, 0.1) is 13.8 Å². The Morgan fingerprint density at radius 2 is 1.53 bits per heavy atom. The molecule has 1 amide bonds. The Morgan fingerprint density at radius 3 is 2.25 bits per heavy atom. The van der Waals surface area contributed by atoms with Crippen molar-refractivity contribution in [2.75, 3.05) is 0 Å². The molecule has 6 nitrogen and oxygen atoms in total. The first-order valence-corrected chi connectivity index (χ1v) is 11.5. The molecule has 2 heterocycles. The predicted molar refractivity (Wildman–Crippen MR) is 142 cm³/mol. The number of benzene rings is 3. The summed E-state index contributed by atoms with van der Waals surface area (Å²) < 4.78 is 5.55. The fourth-order valence-corrected chi connectivity index (χ4v) is 3.86. The van der Waals surface area contributed by atoms with Gasteiger partial charge in [0, 0.05) is 16.7 Å². The van der Waals surface area contributed by atoms with E-state index in [9.17, 15) is 9.59 Å². The van der Waals surface area contributed by atoms with Crippen LogP contribution in [-0.2, 0) is 0 Å². The van der Waals surface area contributed by atoms with Crippen LogP contribution in [-0.4, -0.2) is 17.1 Å². The van der Waals surface area contributed by atoms with E-state index < -0.39 is 5.91 Å². The van der Waals surface area contributed by atoms with E-state index >= 15 is 0 Å². The minimum atomic E-state index is -0.416. The highest BCUT2D eigenvalue weighted by Gasteiger charge is 2.13. The Bertz CT molecular complexity index is 1650. The SMILES string of the molecule is Cc1ccc(-c2cc(C(=O)N/N=C/c3coc4ccc(C)cc4c3=O)cc(-c3ccccc3)n2)cc1. The summed E-state index contributed by atoms with van der Waals surface area (Å²) >= 11 is 0. The predicted octanol–water partition coefficient (Wildman–Crippen LogP) is 5.90. The maximum atomic E-state index is 13.0. The van der Waals surface area contributed by atoms with Crippen molar-refractivity contribution in [1.82, 2.24) is 10.4 Å². The lowest BCUT2D eigenvalue weighted by Crippen LogP contribution is -2.19. The molecule has 0 aliphatic carbocycles. The van der Waals surface area contributed by atoms with Crippen molar-refractivity contribution in [1.29, 1.82) is 0 Å². The third-order valence-electron chi connectivity index (χ3n) is 5.83. The Hall–Kier alpha value is -4.84. The molecule has 36 heavy (non-hydrogen) atoms. The van der Waals surface area contributed by atoms with E-state index in [2.05, 4.69) is 10.5 Å². The van der Waals surface area contributed by atoms with Gasteiger partial charge in [0.2, 0.25) is 5.43 Å². The van der Waals surface area contributed by atoms with Gasteiger partial charge in [-0.1, -0.05) is 71.8 Å². The van der Waals surface area contributed by atoms with E-state index in [0.717, 1.165) is 22.3 Å². The minimum Gasteiger partial charge on any atom is -0.463 e. The van der Waals surface area contributed by atoms with Gasteiger partial charge in [-0.15, -0.1) is 0 Å². The smallest absolute Gasteiger partial charge is 0.271 e. The Kier molecular flexibility index (Phi) is 6.24. The summed E-state index contributed by atoms with van der Waals surface area (Å²) in [6.07, 6.45) is 2.64. The molecule has 0 saturated heterocycles. The van der Waals surface area contributed by atoms with E-state index in [4.69, 9.17) is 9.40 Å². The van der Waals surface area contributed by atoms with Crippen molar-refractivity contribution in [2.45, 2.75) is 13.8 Å². The fraction of sp³-hybridized carbons (Fsp3) is 0.0667. The zero-order valence-corrected chi connectivity index (χ0v) is 19.9.